The molecule has 0 spiro atoms. The van der Waals surface area contributed by atoms with Crippen LogP contribution in [-0.4, -0.2) is 32.1 Å². The fourth-order valence-corrected chi connectivity index (χ4v) is 2.62. The normalized spacial score (nSPS) is 10.5. The fraction of sp³-hybridized carbons (Fsp3) is 0.273. The smallest absolute Gasteiger partial charge is 0.258 e. The summed E-state index contributed by atoms with van der Waals surface area (Å²) >= 11 is 0. The molecule has 2 N–H and O–H groups in total. The highest BCUT2D eigenvalue weighted by Crippen LogP contribution is 2.28. The number of nitrogens with one attached hydrogen (secondary N) is 2. The number of carbonyl (C=O) groups excluding carboxylic acids is 2. The highest BCUT2D eigenvalue weighted by Gasteiger charge is 2.10. The third-order valence-electron chi connectivity index (χ3n) is 4.02. The van der Waals surface area contributed by atoms with E-state index in [1.807, 2.05) is 62.4 Å². The van der Waals surface area contributed by atoms with Crippen molar-refractivity contribution in [3.8, 4) is 11.5 Å². The van der Waals surface area contributed by atoms with Gasteiger partial charge in [0.25, 0.3) is 5.91 Å². The van der Waals surface area contributed by atoms with Crippen molar-refractivity contribution in [2.24, 2.45) is 0 Å². The SMILES string of the molecule is C/C=C/c1ccc(OCC(=O)NCC(=O)Nc2ccccc2CC)c(OC)c1. The second-order valence-corrected chi connectivity index (χ2v) is 6.03. The van der Waals surface area contributed by atoms with Gasteiger partial charge in [0.1, 0.15) is 0 Å². The van der Waals surface area contributed by atoms with Crippen molar-refractivity contribution < 1.29 is 19.1 Å². The van der Waals surface area contributed by atoms with Gasteiger partial charge in [-0.25, -0.2) is 0 Å². The molecule has 0 unspecified atom stereocenters. The van der Waals surface area contributed by atoms with Crippen LogP contribution in [0.1, 0.15) is 25.0 Å². The summed E-state index contributed by atoms with van der Waals surface area (Å²) in [7, 11) is 1.54. The topological polar surface area (TPSA) is 76.7 Å². The number of carbonyl (C=O) groups is 2. The molecule has 148 valence electrons. The van der Waals surface area contributed by atoms with Gasteiger partial charge in [-0.15, -0.1) is 0 Å². The lowest BCUT2D eigenvalue weighted by atomic mass is 10.1. The molecule has 6 heteroatoms. The first-order chi connectivity index (χ1) is 13.6. The van der Waals surface area contributed by atoms with Crippen molar-refractivity contribution in [3.05, 3.63) is 59.7 Å². The lowest BCUT2D eigenvalue weighted by Gasteiger charge is -2.12. The number of ether oxygens (including phenoxy) is 2. The molecular weight excluding hydrogens is 356 g/mol. The van der Waals surface area contributed by atoms with Crippen molar-refractivity contribution in [2.75, 3.05) is 25.6 Å². The summed E-state index contributed by atoms with van der Waals surface area (Å²) in [4.78, 5) is 24.1. The van der Waals surface area contributed by atoms with Crippen LogP contribution in [0.25, 0.3) is 6.08 Å². The van der Waals surface area contributed by atoms with Crippen LogP contribution in [0, 0.1) is 0 Å². The zero-order valence-electron chi connectivity index (χ0n) is 16.5. The van der Waals surface area contributed by atoms with E-state index in [9.17, 15) is 9.59 Å². The molecule has 0 radical (unpaired) electrons. The van der Waals surface area contributed by atoms with Gasteiger partial charge < -0.3 is 20.1 Å². The van der Waals surface area contributed by atoms with Gasteiger partial charge in [0, 0.05) is 5.69 Å². The fourth-order valence-electron chi connectivity index (χ4n) is 2.62. The Morgan fingerprint density at radius 3 is 2.57 bits per heavy atom. The number of methoxy groups -OCH3 is 1. The molecular formula is C22H26N2O4. The molecule has 28 heavy (non-hydrogen) atoms. The van der Waals surface area contributed by atoms with Crippen molar-refractivity contribution in [3.63, 3.8) is 0 Å². The second-order valence-electron chi connectivity index (χ2n) is 6.03. The van der Waals surface area contributed by atoms with E-state index in [0.29, 0.717) is 11.5 Å². The van der Waals surface area contributed by atoms with Gasteiger partial charge in [0.2, 0.25) is 5.91 Å². The molecule has 0 aliphatic carbocycles. The Hall–Kier alpha value is -3.28. The molecule has 0 bridgehead atoms. The zero-order valence-corrected chi connectivity index (χ0v) is 16.5. The molecule has 0 saturated heterocycles. The molecule has 0 aromatic heterocycles. The third kappa shape index (κ3) is 6.16. The van der Waals surface area contributed by atoms with Gasteiger partial charge in [0.15, 0.2) is 18.1 Å². The van der Waals surface area contributed by atoms with E-state index in [1.54, 1.807) is 13.2 Å². The predicted octanol–water partition coefficient (Wildman–Crippen LogP) is 3.42. The Morgan fingerprint density at radius 1 is 1.07 bits per heavy atom. The Bertz CT molecular complexity index is 846. The van der Waals surface area contributed by atoms with Gasteiger partial charge in [-0.2, -0.15) is 0 Å². The molecule has 0 fully saturated rings. The molecule has 2 aromatic rings. The van der Waals surface area contributed by atoms with Crippen LogP contribution in [0.5, 0.6) is 11.5 Å². The van der Waals surface area contributed by atoms with E-state index in [2.05, 4.69) is 10.6 Å². The molecule has 0 heterocycles. The maximum absolute atomic E-state index is 12.1. The number of benzene rings is 2. The second kappa shape index (κ2) is 10.8. The van der Waals surface area contributed by atoms with Crippen molar-refractivity contribution in [2.45, 2.75) is 20.3 Å². The van der Waals surface area contributed by atoms with Gasteiger partial charge in [-0.1, -0.05) is 43.3 Å². The molecule has 0 atom stereocenters. The molecule has 2 amide bonds. The van der Waals surface area contributed by atoms with Gasteiger partial charge in [-0.05, 0) is 42.7 Å². The standard InChI is InChI=1S/C22H26N2O4/c1-4-8-16-11-12-19(20(13-16)27-3)28-15-22(26)23-14-21(25)24-18-10-7-6-9-17(18)5-2/h4,6-13H,5,14-15H2,1-3H3,(H,23,26)(H,24,25)/b8-4+. The van der Waals surface area contributed by atoms with Crippen LogP contribution in [-0.2, 0) is 16.0 Å². The Kier molecular flexibility index (Phi) is 8.09. The minimum Gasteiger partial charge on any atom is -0.493 e. The number of anilines is 1. The first-order valence-corrected chi connectivity index (χ1v) is 9.15. The summed E-state index contributed by atoms with van der Waals surface area (Å²) in [6.07, 6.45) is 4.67. The Balaban J connectivity index is 1.83. The monoisotopic (exact) mass is 382 g/mol. The first-order valence-electron chi connectivity index (χ1n) is 9.15. The summed E-state index contributed by atoms with van der Waals surface area (Å²) in [6.45, 7) is 3.61. The van der Waals surface area contributed by atoms with E-state index in [4.69, 9.17) is 9.47 Å². The third-order valence-corrected chi connectivity index (χ3v) is 4.02. The molecule has 0 aliphatic heterocycles. The first kappa shape index (κ1) is 21.0. The highest BCUT2D eigenvalue weighted by atomic mass is 16.5. The minimum absolute atomic E-state index is 0.127. The Labute approximate surface area is 165 Å². The van der Waals surface area contributed by atoms with Gasteiger partial charge in [-0.3, -0.25) is 9.59 Å². The summed E-state index contributed by atoms with van der Waals surface area (Å²) < 4.78 is 10.8. The number of allylic oxidation sites excluding steroid dienone is 1. The average molecular weight is 382 g/mol. The molecule has 6 nitrogen and oxygen atoms in total. The van der Waals surface area contributed by atoms with E-state index >= 15 is 0 Å². The van der Waals surface area contributed by atoms with Crippen LogP contribution >= 0.6 is 0 Å². The molecule has 2 rings (SSSR count). The van der Waals surface area contributed by atoms with Gasteiger partial charge in [0.05, 0.1) is 13.7 Å². The largest absolute Gasteiger partial charge is 0.493 e. The Morgan fingerprint density at radius 2 is 1.86 bits per heavy atom. The minimum atomic E-state index is -0.390. The van der Waals surface area contributed by atoms with Crippen LogP contribution in [0.15, 0.2) is 48.5 Å². The number of aryl methyl sites for hydroxylation is 1. The van der Waals surface area contributed by atoms with Crippen LogP contribution in [0.3, 0.4) is 0 Å². The molecule has 0 saturated carbocycles. The van der Waals surface area contributed by atoms with Crippen molar-refractivity contribution >= 4 is 23.6 Å². The van der Waals surface area contributed by atoms with Crippen LogP contribution in [0.2, 0.25) is 0 Å². The van der Waals surface area contributed by atoms with Crippen LogP contribution < -0.4 is 20.1 Å². The zero-order chi connectivity index (χ0) is 20.4. The van der Waals surface area contributed by atoms with E-state index in [1.165, 1.54) is 0 Å². The predicted molar refractivity (Wildman–Crippen MR) is 111 cm³/mol. The number of amides is 2. The van der Waals surface area contributed by atoms with Crippen LogP contribution in [0.4, 0.5) is 5.69 Å². The van der Waals surface area contributed by atoms with Crippen molar-refractivity contribution in [1.82, 2.24) is 5.32 Å². The summed E-state index contributed by atoms with van der Waals surface area (Å²) in [6, 6.07) is 13.0. The van der Waals surface area contributed by atoms with Crippen molar-refractivity contribution in [1.29, 1.82) is 0 Å². The summed E-state index contributed by atoms with van der Waals surface area (Å²) in [5, 5.41) is 5.36. The summed E-state index contributed by atoms with van der Waals surface area (Å²) in [5.41, 5.74) is 2.77. The number of rotatable bonds is 9. The lowest BCUT2D eigenvalue weighted by Crippen LogP contribution is -2.35. The quantitative estimate of drug-likeness (QED) is 0.697. The van der Waals surface area contributed by atoms with E-state index in [0.717, 1.165) is 23.2 Å². The maximum atomic E-state index is 12.1. The van der Waals surface area contributed by atoms with E-state index in [-0.39, 0.29) is 19.1 Å². The summed E-state index contributed by atoms with van der Waals surface area (Å²) in [5.74, 6) is 0.325. The lowest BCUT2D eigenvalue weighted by molar-refractivity contribution is -0.125. The molecule has 0 aliphatic rings. The number of hydrogen-bond acceptors (Lipinski definition) is 4. The average Bonchev–Trinajstić information content (AvgIpc) is 2.71. The highest BCUT2D eigenvalue weighted by molar-refractivity contribution is 5.95. The number of hydrogen-bond donors (Lipinski definition) is 2. The maximum Gasteiger partial charge on any atom is 0.258 e. The van der Waals surface area contributed by atoms with Gasteiger partial charge >= 0.3 is 0 Å². The number of para-hydroxylation sites is 1. The van der Waals surface area contributed by atoms with E-state index < -0.39 is 5.91 Å². The molecule has 2 aromatic carbocycles.